The quantitative estimate of drug-likeness (QED) is 0.790. The Hall–Kier alpha value is -1.74. The molecule has 0 radical (unpaired) electrons. The number of methoxy groups -OCH3 is 1. The van der Waals surface area contributed by atoms with E-state index in [1.165, 1.54) is 5.56 Å². The van der Waals surface area contributed by atoms with Gasteiger partial charge in [-0.25, -0.2) is 4.98 Å². The third-order valence-electron chi connectivity index (χ3n) is 2.67. The van der Waals surface area contributed by atoms with Crippen molar-refractivity contribution in [3.63, 3.8) is 0 Å². The molecule has 0 spiro atoms. The fraction of sp³-hybridized carbons (Fsp3) is 0.214. The number of aromatic nitrogens is 1. The van der Waals surface area contributed by atoms with Gasteiger partial charge in [0.1, 0.15) is 16.7 Å². The SMILES string of the molecule is COc1ccc(CN(C)c2cccc(Cl)n2)cc1. The van der Waals surface area contributed by atoms with Gasteiger partial charge in [-0.05, 0) is 29.8 Å². The summed E-state index contributed by atoms with van der Waals surface area (Å²) in [6.07, 6.45) is 0. The molecule has 0 saturated heterocycles. The molecule has 18 heavy (non-hydrogen) atoms. The van der Waals surface area contributed by atoms with Crippen molar-refractivity contribution < 1.29 is 4.74 Å². The predicted octanol–water partition coefficient (Wildman–Crippen LogP) is 3.38. The number of hydrogen-bond donors (Lipinski definition) is 0. The second kappa shape index (κ2) is 5.74. The molecule has 1 heterocycles. The average Bonchev–Trinajstić information content (AvgIpc) is 2.39. The summed E-state index contributed by atoms with van der Waals surface area (Å²) in [5.74, 6) is 1.72. The molecule has 0 aliphatic rings. The zero-order valence-corrected chi connectivity index (χ0v) is 11.2. The lowest BCUT2D eigenvalue weighted by molar-refractivity contribution is 0.414. The monoisotopic (exact) mass is 262 g/mol. The van der Waals surface area contributed by atoms with Gasteiger partial charge >= 0.3 is 0 Å². The Morgan fingerprint density at radius 1 is 1.17 bits per heavy atom. The summed E-state index contributed by atoms with van der Waals surface area (Å²) in [4.78, 5) is 6.32. The lowest BCUT2D eigenvalue weighted by Gasteiger charge is -2.18. The molecule has 0 saturated carbocycles. The molecular formula is C14H15ClN2O. The molecule has 0 aliphatic carbocycles. The Morgan fingerprint density at radius 2 is 1.89 bits per heavy atom. The number of halogens is 1. The standard InChI is InChI=1S/C14H15ClN2O/c1-17(14-5-3-4-13(15)16-14)10-11-6-8-12(18-2)9-7-11/h3-9H,10H2,1-2H3. The highest BCUT2D eigenvalue weighted by atomic mass is 35.5. The topological polar surface area (TPSA) is 25.4 Å². The van der Waals surface area contributed by atoms with Gasteiger partial charge in [-0.2, -0.15) is 0 Å². The van der Waals surface area contributed by atoms with Crippen molar-refractivity contribution in [3.8, 4) is 5.75 Å². The number of pyridine rings is 1. The summed E-state index contributed by atoms with van der Waals surface area (Å²) in [7, 11) is 3.65. The Bertz CT molecular complexity index is 513. The number of nitrogens with zero attached hydrogens (tertiary/aromatic N) is 2. The van der Waals surface area contributed by atoms with E-state index >= 15 is 0 Å². The maximum absolute atomic E-state index is 5.88. The maximum Gasteiger partial charge on any atom is 0.131 e. The van der Waals surface area contributed by atoms with Gasteiger partial charge in [0, 0.05) is 13.6 Å². The second-order valence-electron chi connectivity index (χ2n) is 4.02. The van der Waals surface area contributed by atoms with Gasteiger partial charge in [-0.15, -0.1) is 0 Å². The van der Waals surface area contributed by atoms with Crippen LogP contribution in [0.2, 0.25) is 5.15 Å². The van der Waals surface area contributed by atoms with Gasteiger partial charge in [-0.3, -0.25) is 0 Å². The van der Waals surface area contributed by atoms with E-state index in [0.29, 0.717) is 5.15 Å². The number of rotatable bonds is 4. The van der Waals surface area contributed by atoms with Gasteiger partial charge in [-0.1, -0.05) is 29.8 Å². The highest BCUT2D eigenvalue weighted by Gasteiger charge is 2.04. The molecule has 1 aromatic heterocycles. The van der Waals surface area contributed by atoms with E-state index in [4.69, 9.17) is 16.3 Å². The van der Waals surface area contributed by atoms with Gasteiger partial charge in [0.25, 0.3) is 0 Å². The molecule has 4 heteroatoms. The summed E-state index contributed by atoms with van der Waals surface area (Å²) in [6, 6.07) is 13.6. The maximum atomic E-state index is 5.88. The first-order chi connectivity index (χ1) is 8.69. The normalized spacial score (nSPS) is 10.2. The van der Waals surface area contributed by atoms with Gasteiger partial charge in [0.2, 0.25) is 0 Å². The van der Waals surface area contributed by atoms with Crippen molar-refractivity contribution in [2.24, 2.45) is 0 Å². The smallest absolute Gasteiger partial charge is 0.131 e. The molecule has 0 atom stereocenters. The number of hydrogen-bond acceptors (Lipinski definition) is 3. The van der Waals surface area contributed by atoms with E-state index in [1.54, 1.807) is 13.2 Å². The van der Waals surface area contributed by atoms with Crippen LogP contribution in [-0.4, -0.2) is 19.1 Å². The molecule has 0 bridgehead atoms. The first-order valence-electron chi connectivity index (χ1n) is 5.65. The third-order valence-corrected chi connectivity index (χ3v) is 2.88. The van der Waals surface area contributed by atoms with E-state index in [9.17, 15) is 0 Å². The molecule has 0 aliphatic heterocycles. The lowest BCUT2D eigenvalue weighted by Crippen LogP contribution is -2.17. The van der Waals surface area contributed by atoms with Gasteiger partial charge in [0.15, 0.2) is 0 Å². The minimum absolute atomic E-state index is 0.508. The summed E-state index contributed by atoms with van der Waals surface area (Å²) in [5.41, 5.74) is 1.19. The van der Waals surface area contributed by atoms with Gasteiger partial charge in [0.05, 0.1) is 7.11 Å². The van der Waals surface area contributed by atoms with Crippen LogP contribution in [0, 0.1) is 0 Å². The molecule has 2 aromatic rings. The van der Waals surface area contributed by atoms with Crippen molar-refractivity contribution in [3.05, 3.63) is 53.2 Å². The van der Waals surface area contributed by atoms with E-state index < -0.39 is 0 Å². The molecule has 0 N–H and O–H groups in total. The number of ether oxygens (including phenoxy) is 1. The Morgan fingerprint density at radius 3 is 2.50 bits per heavy atom. The van der Waals surface area contributed by atoms with Crippen LogP contribution in [0.5, 0.6) is 5.75 Å². The van der Waals surface area contributed by atoms with Crippen LogP contribution in [-0.2, 0) is 6.54 Å². The second-order valence-corrected chi connectivity index (χ2v) is 4.41. The first kappa shape index (κ1) is 12.7. The Kier molecular flexibility index (Phi) is 4.05. The summed E-state index contributed by atoms with van der Waals surface area (Å²) >= 11 is 5.88. The fourth-order valence-corrected chi connectivity index (χ4v) is 1.86. The zero-order chi connectivity index (χ0) is 13.0. The van der Waals surface area contributed by atoms with E-state index in [0.717, 1.165) is 18.1 Å². The molecule has 1 aromatic carbocycles. The van der Waals surface area contributed by atoms with Crippen LogP contribution in [0.1, 0.15) is 5.56 Å². The fourth-order valence-electron chi connectivity index (χ4n) is 1.70. The molecule has 0 unspecified atom stereocenters. The minimum atomic E-state index is 0.508. The zero-order valence-electron chi connectivity index (χ0n) is 10.4. The molecular weight excluding hydrogens is 248 g/mol. The lowest BCUT2D eigenvalue weighted by atomic mass is 10.2. The van der Waals surface area contributed by atoms with Crippen LogP contribution in [0.3, 0.4) is 0 Å². The van der Waals surface area contributed by atoms with Crippen molar-refractivity contribution in [1.29, 1.82) is 0 Å². The third kappa shape index (κ3) is 3.14. The van der Waals surface area contributed by atoms with Crippen molar-refractivity contribution in [2.45, 2.75) is 6.54 Å². The van der Waals surface area contributed by atoms with Crippen molar-refractivity contribution in [1.82, 2.24) is 4.98 Å². The summed E-state index contributed by atoms with van der Waals surface area (Å²) < 4.78 is 5.13. The molecule has 0 amide bonds. The van der Waals surface area contributed by atoms with Crippen LogP contribution < -0.4 is 9.64 Å². The van der Waals surface area contributed by atoms with Crippen LogP contribution in [0.15, 0.2) is 42.5 Å². The highest BCUT2D eigenvalue weighted by molar-refractivity contribution is 6.29. The summed E-state index contributed by atoms with van der Waals surface area (Å²) in [6.45, 7) is 0.775. The molecule has 2 rings (SSSR count). The minimum Gasteiger partial charge on any atom is -0.497 e. The molecule has 3 nitrogen and oxygen atoms in total. The van der Waals surface area contributed by atoms with E-state index in [-0.39, 0.29) is 0 Å². The summed E-state index contributed by atoms with van der Waals surface area (Å²) in [5, 5.41) is 0.508. The van der Waals surface area contributed by atoms with E-state index in [1.807, 2.05) is 48.3 Å². The van der Waals surface area contributed by atoms with E-state index in [2.05, 4.69) is 4.98 Å². The highest BCUT2D eigenvalue weighted by Crippen LogP contribution is 2.17. The van der Waals surface area contributed by atoms with Crippen LogP contribution in [0.25, 0.3) is 0 Å². The predicted molar refractivity (Wildman–Crippen MR) is 74.3 cm³/mol. The average molecular weight is 263 g/mol. The molecule has 0 fully saturated rings. The first-order valence-corrected chi connectivity index (χ1v) is 6.03. The van der Waals surface area contributed by atoms with Gasteiger partial charge < -0.3 is 9.64 Å². The van der Waals surface area contributed by atoms with Crippen molar-refractivity contribution >= 4 is 17.4 Å². The van der Waals surface area contributed by atoms with Crippen molar-refractivity contribution in [2.75, 3.05) is 19.1 Å². The largest absolute Gasteiger partial charge is 0.497 e. The molecule has 94 valence electrons. The Balaban J connectivity index is 2.08. The van der Waals surface area contributed by atoms with Crippen LogP contribution in [0.4, 0.5) is 5.82 Å². The number of benzene rings is 1. The number of anilines is 1. The Labute approximate surface area is 112 Å². The van der Waals surface area contributed by atoms with Crippen LogP contribution >= 0.6 is 11.6 Å².